The van der Waals surface area contributed by atoms with Crippen molar-refractivity contribution >= 4 is 46.6 Å². The molecule has 6 nitrogen and oxygen atoms in total. The van der Waals surface area contributed by atoms with Crippen molar-refractivity contribution in [1.82, 2.24) is 5.27 Å². The van der Waals surface area contributed by atoms with E-state index in [2.05, 4.69) is 15.1 Å². The molecule has 2 rings (SSSR count). The maximum atomic E-state index is 11.8. The van der Waals surface area contributed by atoms with Crippen molar-refractivity contribution in [2.75, 3.05) is 11.1 Å². The van der Waals surface area contributed by atoms with Gasteiger partial charge in [0.05, 0.1) is 21.7 Å². The summed E-state index contributed by atoms with van der Waals surface area (Å²) in [6.45, 7) is 0. The number of aromatic nitrogens is 2. The lowest BCUT2D eigenvalue weighted by molar-refractivity contribution is -0.772. The number of anilines is 1. The SMILES string of the molecule is C[n+]1noc([O-])c1SCC(=O)Nc1ccc(Cl)cc1Cl. The zero-order chi connectivity index (χ0) is 14.7. The Bertz CT molecular complexity index is 628. The molecular weight excluding hydrogens is 325 g/mol. The molecule has 20 heavy (non-hydrogen) atoms. The number of thioether (sulfide) groups is 1. The first kappa shape index (κ1) is 15.0. The number of aryl methyl sites for hydroxylation is 1. The fourth-order valence-electron chi connectivity index (χ4n) is 1.37. The third-order valence-electron chi connectivity index (χ3n) is 2.26. The molecule has 106 valence electrons. The number of rotatable bonds is 4. The van der Waals surface area contributed by atoms with Crippen molar-refractivity contribution in [2.24, 2.45) is 7.05 Å². The molecule has 0 spiro atoms. The van der Waals surface area contributed by atoms with Gasteiger partial charge in [-0.3, -0.25) is 4.79 Å². The predicted molar refractivity (Wildman–Crippen MR) is 72.9 cm³/mol. The van der Waals surface area contributed by atoms with E-state index in [1.807, 2.05) is 0 Å². The highest BCUT2D eigenvalue weighted by atomic mass is 35.5. The highest BCUT2D eigenvalue weighted by Crippen LogP contribution is 2.26. The van der Waals surface area contributed by atoms with Gasteiger partial charge in [0.25, 0.3) is 5.03 Å². The van der Waals surface area contributed by atoms with Crippen LogP contribution in [0.5, 0.6) is 5.95 Å². The van der Waals surface area contributed by atoms with Crippen LogP contribution in [-0.2, 0) is 11.8 Å². The van der Waals surface area contributed by atoms with Gasteiger partial charge in [-0.05, 0) is 30.0 Å². The van der Waals surface area contributed by atoms with E-state index in [9.17, 15) is 9.90 Å². The summed E-state index contributed by atoms with van der Waals surface area (Å²) in [5.41, 5.74) is 0.457. The molecule has 0 unspecified atom stereocenters. The zero-order valence-electron chi connectivity index (χ0n) is 10.2. The Morgan fingerprint density at radius 2 is 2.30 bits per heavy atom. The van der Waals surface area contributed by atoms with Crippen molar-refractivity contribution in [3.8, 4) is 5.95 Å². The number of hydrogen-bond donors (Lipinski definition) is 1. The van der Waals surface area contributed by atoms with Crippen LogP contribution >= 0.6 is 35.0 Å². The van der Waals surface area contributed by atoms with Crippen LogP contribution in [0.3, 0.4) is 0 Å². The smallest absolute Gasteiger partial charge is 0.291 e. The van der Waals surface area contributed by atoms with E-state index in [0.717, 1.165) is 11.8 Å². The van der Waals surface area contributed by atoms with Crippen molar-refractivity contribution in [3.63, 3.8) is 0 Å². The molecule has 0 aliphatic heterocycles. The molecule has 0 radical (unpaired) electrons. The van der Waals surface area contributed by atoms with Gasteiger partial charge in [-0.15, -0.1) is 0 Å². The van der Waals surface area contributed by atoms with E-state index in [0.29, 0.717) is 15.7 Å². The zero-order valence-corrected chi connectivity index (χ0v) is 12.6. The predicted octanol–water partition coefficient (Wildman–Crippen LogP) is 1.61. The molecule has 0 aliphatic carbocycles. The number of hydrogen-bond acceptors (Lipinski definition) is 5. The Morgan fingerprint density at radius 3 is 2.90 bits per heavy atom. The Morgan fingerprint density at radius 1 is 1.55 bits per heavy atom. The minimum Gasteiger partial charge on any atom is -0.538 e. The fourth-order valence-corrected chi connectivity index (χ4v) is 2.54. The standard InChI is InChI=1S/C11H9Cl2N3O3S/c1-16-10(11(18)19-15-16)20-5-9(17)14-8-3-2-6(12)4-7(8)13/h2-4H,5H2,1H3,(H-,14,15,17,18). The van der Waals surface area contributed by atoms with E-state index in [1.54, 1.807) is 19.2 Å². The maximum Gasteiger partial charge on any atom is 0.291 e. The van der Waals surface area contributed by atoms with Crippen LogP contribution in [0.15, 0.2) is 27.7 Å². The Balaban J connectivity index is 1.96. The number of carbonyl (C=O) groups is 1. The second-order valence-corrected chi connectivity index (χ2v) is 5.56. The summed E-state index contributed by atoms with van der Waals surface area (Å²) in [6, 6.07) is 4.75. The Kier molecular flexibility index (Phi) is 4.74. The summed E-state index contributed by atoms with van der Waals surface area (Å²) in [6.07, 6.45) is 0. The number of halogens is 2. The van der Waals surface area contributed by atoms with Crippen LogP contribution < -0.4 is 15.1 Å². The maximum absolute atomic E-state index is 11.8. The first-order valence-electron chi connectivity index (χ1n) is 5.38. The van der Waals surface area contributed by atoms with E-state index in [4.69, 9.17) is 23.2 Å². The normalized spacial score (nSPS) is 10.6. The van der Waals surface area contributed by atoms with Gasteiger partial charge >= 0.3 is 0 Å². The minimum absolute atomic E-state index is 0.0310. The second-order valence-electron chi connectivity index (χ2n) is 3.75. The van der Waals surface area contributed by atoms with Gasteiger partial charge in [-0.2, -0.15) is 0 Å². The van der Waals surface area contributed by atoms with Gasteiger partial charge in [-0.1, -0.05) is 27.9 Å². The van der Waals surface area contributed by atoms with Crippen LogP contribution in [0.1, 0.15) is 0 Å². The van der Waals surface area contributed by atoms with Crippen molar-refractivity contribution in [1.29, 1.82) is 0 Å². The molecule has 1 aromatic heterocycles. The Hall–Kier alpha value is -1.44. The molecule has 1 aromatic carbocycles. The van der Waals surface area contributed by atoms with Crippen molar-refractivity contribution < 1.29 is 19.1 Å². The average molecular weight is 334 g/mol. The summed E-state index contributed by atoms with van der Waals surface area (Å²) >= 11 is 12.7. The molecule has 0 fully saturated rings. The average Bonchev–Trinajstić information content (AvgIpc) is 2.70. The quantitative estimate of drug-likeness (QED) is 0.679. The molecule has 0 aliphatic rings. The number of benzene rings is 1. The van der Waals surface area contributed by atoms with Crippen LogP contribution in [0, 0.1) is 0 Å². The molecule has 1 N–H and O–H groups in total. The Labute approximate surface area is 128 Å². The van der Waals surface area contributed by atoms with E-state index < -0.39 is 5.95 Å². The van der Waals surface area contributed by atoms with Gasteiger partial charge in [-0.25, -0.2) is 0 Å². The molecule has 0 atom stereocenters. The summed E-state index contributed by atoms with van der Waals surface area (Å²) in [7, 11) is 1.56. The first-order valence-corrected chi connectivity index (χ1v) is 7.12. The monoisotopic (exact) mass is 333 g/mol. The number of amides is 1. The van der Waals surface area contributed by atoms with Crippen LogP contribution in [0.25, 0.3) is 0 Å². The summed E-state index contributed by atoms with van der Waals surface area (Å²) in [4.78, 5) is 11.8. The third-order valence-corrected chi connectivity index (χ3v) is 3.92. The number of nitrogens with one attached hydrogen (secondary N) is 1. The second kappa shape index (κ2) is 6.34. The van der Waals surface area contributed by atoms with E-state index in [-0.39, 0.29) is 16.7 Å². The molecule has 2 aromatic rings. The largest absolute Gasteiger partial charge is 0.538 e. The highest BCUT2D eigenvalue weighted by molar-refractivity contribution is 7.99. The topological polar surface area (TPSA) is 82.1 Å². The third kappa shape index (κ3) is 3.56. The fraction of sp³-hybridized carbons (Fsp3) is 0.182. The van der Waals surface area contributed by atoms with Gasteiger partial charge in [0.15, 0.2) is 13.0 Å². The van der Waals surface area contributed by atoms with E-state index >= 15 is 0 Å². The van der Waals surface area contributed by atoms with Gasteiger partial charge in [0.1, 0.15) is 0 Å². The molecule has 0 saturated heterocycles. The minimum atomic E-state index is -0.574. The molecule has 1 amide bonds. The lowest BCUT2D eigenvalue weighted by Gasteiger charge is -2.06. The summed E-state index contributed by atoms with van der Waals surface area (Å²) in [5.74, 6) is -0.849. The first-order chi connectivity index (χ1) is 9.47. The highest BCUT2D eigenvalue weighted by Gasteiger charge is 2.16. The lowest BCUT2D eigenvalue weighted by Crippen LogP contribution is -2.32. The molecular formula is C11H9Cl2N3O3S. The van der Waals surface area contributed by atoms with Crippen LogP contribution in [-0.4, -0.2) is 16.9 Å². The molecule has 0 bridgehead atoms. The summed E-state index contributed by atoms with van der Waals surface area (Å²) in [5, 5.41) is 18.4. The van der Waals surface area contributed by atoms with Crippen LogP contribution in [0.4, 0.5) is 5.69 Å². The number of carbonyl (C=O) groups excluding carboxylic acids is 1. The number of nitrogens with zero attached hydrogens (tertiary/aromatic N) is 2. The van der Waals surface area contributed by atoms with E-state index in [1.165, 1.54) is 10.7 Å². The lowest BCUT2D eigenvalue weighted by atomic mass is 10.3. The van der Waals surface area contributed by atoms with Gasteiger partial charge < -0.3 is 14.9 Å². The summed E-state index contributed by atoms with van der Waals surface area (Å²) < 4.78 is 5.72. The molecule has 1 heterocycles. The molecule has 0 saturated carbocycles. The van der Waals surface area contributed by atoms with Crippen molar-refractivity contribution in [3.05, 3.63) is 28.2 Å². The van der Waals surface area contributed by atoms with Crippen LogP contribution in [0.2, 0.25) is 10.0 Å². The van der Waals surface area contributed by atoms with Gasteiger partial charge in [0.2, 0.25) is 5.91 Å². The van der Waals surface area contributed by atoms with Crippen molar-refractivity contribution in [2.45, 2.75) is 5.03 Å². The van der Waals surface area contributed by atoms with Gasteiger partial charge in [0, 0.05) is 5.02 Å². The molecule has 9 heteroatoms.